The average molecular weight is 744 g/mol. The van der Waals surface area contributed by atoms with E-state index in [0.29, 0.717) is 11.0 Å². The van der Waals surface area contributed by atoms with Gasteiger partial charge in [0.05, 0.1) is 46.9 Å². The Hall–Kier alpha value is -1.54. The van der Waals surface area contributed by atoms with Gasteiger partial charge in [-0.15, -0.1) is 0 Å². The molecule has 10 atom stereocenters. The summed E-state index contributed by atoms with van der Waals surface area (Å²) in [6.45, 7) is -9.70. The summed E-state index contributed by atoms with van der Waals surface area (Å²) in [5.74, 6) is 0.0635. The van der Waals surface area contributed by atoms with E-state index in [9.17, 15) is 14.6 Å². The molecular formula is C22H22Cl2FN7O9P2S2. The molecule has 3 aromatic heterocycles. The number of aromatic nitrogens is 6. The number of anilines is 1. The van der Waals surface area contributed by atoms with Gasteiger partial charge in [0.15, 0.2) is 30.1 Å². The van der Waals surface area contributed by atoms with E-state index in [2.05, 4.69) is 32.2 Å². The standard InChI is InChI=1S/C22H22Cl2FN7O9P2S2/c23-8-1-10-11(2-9(8)24)31(6-29-10)22-18-16(33)12(38-22)3-36-42(34,44)40-17-13(4-37-43(35,45)41-18)39-21(14(17)25)32-7-30-15-19(26)27-5-28-20(15)32/h1-2,5-7,12-14,16-18,21-22,33H,3-4H2,(H,34,44)(H,35,45)(H2,26,27,28)/t12-,13-,14?,16?,17?,18?,21-,22-,42?,43?/m1/s1. The molecule has 3 fully saturated rings. The largest absolute Gasteiger partial charge is 0.387 e. The molecule has 242 valence electrons. The van der Waals surface area contributed by atoms with Crippen molar-refractivity contribution in [2.24, 2.45) is 0 Å². The number of nitrogens with zero attached hydrogens (tertiary/aromatic N) is 6. The second-order valence-corrected chi connectivity index (χ2v) is 16.7. The molecule has 6 unspecified atom stereocenters. The lowest BCUT2D eigenvalue weighted by molar-refractivity contribution is -0.0585. The van der Waals surface area contributed by atoms with Crippen LogP contribution in [0.4, 0.5) is 10.2 Å². The zero-order chi connectivity index (χ0) is 31.8. The number of alkyl halides is 1. The molecule has 0 saturated carbocycles. The van der Waals surface area contributed by atoms with Crippen LogP contribution in [0.5, 0.6) is 0 Å². The molecule has 16 nitrogen and oxygen atoms in total. The fraction of sp³-hybridized carbons (Fsp3) is 0.455. The number of nitrogen functional groups attached to an aromatic ring is 1. The van der Waals surface area contributed by atoms with Crippen molar-refractivity contribution in [3.63, 3.8) is 0 Å². The van der Waals surface area contributed by atoms with E-state index in [1.807, 2.05) is 0 Å². The SMILES string of the molecule is Nc1ncnc2c1ncn2[C@@H]1O[C@@H]2COP(O)(=S)OC3C(O)[C@@H](COP(=O)(S)OC2C1F)O[C@H]3n1cnc2cc(Cl)c(Cl)cc21. The molecule has 0 aliphatic carbocycles. The Morgan fingerprint density at radius 3 is 2.51 bits per heavy atom. The average Bonchev–Trinajstić information content (AvgIpc) is 3.73. The quantitative estimate of drug-likeness (QED) is 0.172. The van der Waals surface area contributed by atoms with E-state index in [1.165, 1.54) is 40.2 Å². The normalized spacial score (nSPS) is 37.7. The van der Waals surface area contributed by atoms with E-state index in [1.54, 1.807) is 0 Å². The first kappa shape index (κ1) is 32.0. The summed E-state index contributed by atoms with van der Waals surface area (Å²) in [7, 11) is 0. The molecule has 4 N–H and O–H groups in total. The summed E-state index contributed by atoms with van der Waals surface area (Å²) in [5.41, 5.74) is 7.12. The summed E-state index contributed by atoms with van der Waals surface area (Å²) in [6.07, 6.45) is -7.75. The van der Waals surface area contributed by atoms with Crippen molar-refractivity contribution in [2.45, 2.75) is 49.1 Å². The minimum Gasteiger partial charge on any atom is -0.387 e. The van der Waals surface area contributed by atoms with Gasteiger partial charge >= 0.3 is 13.5 Å². The number of halogens is 3. The highest BCUT2D eigenvalue weighted by molar-refractivity contribution is 8.44. The first-order chi connectivity index (χ1) is 21.3. The number of hydrogen-bond acceptors (Lipinski definition) is 14. The molecule has 4 aromatic rings. The molecule has 0 spiro atoms. The number of benzene rings is 1. The molecule has 7 rings (SSSR count). The Bertz CT molecular complexity index is 1890. The van der Waals surface area contributed by atoms with Gasteiger partial charge in [0.1, 0.15) is 42.4 Å². The Labute approximate surface area is 272 Å². The molecular weight excluding hydrogens is 722 g/mol. The third-order valence-corrected chi connectivity index (χ3v) is 11.3. The molecule has 6 heterocycles. The minimum absolute atomic E-state index is 0.0635. The molecule has 45 heavy (non-hydrogen) atoms. The zero-order valence-corrected chi connectivity index (χ0v) is 27.3. The number of aliphatic hydroxyl groups is 1. The number of ether oxygens (including phenoxy) is 2. The third kappa shape index (κ3) is 5.91. The van der Waals surface area contributed by atoms with Crippen molar-refractivity contribution in [1.29, 1.82) is 0 Å². The van der Waals surface area contributed by atoms with Gasteiger partial charge in [0, 0.05) is 0 Å². The van der Waals surface area contributed by atoms with E-state index in [-0.39, 0.29) is 27.0 Å². The van der Waals surface area contributed by atoms with Crippen molar-refractivity contribution >= 4 is 88.8 Å². The molecule has 3 aliphatic rings. The van der Waals surface area contributed by atoms with Crippen LogP contribution in [0.25, 0.3) is 22.2 Å². The van der Waals surface area contributed by atoms with Crippen molar-refractivity contribution in [3.05, 3.63) is 41.2 Å². The van der Waals surface area contributed by atoms with Gasteiger partial charge in [-0.3, -0.25) is 18.1 Å². The topological polar surface area (TPSA) is 200 Å². The molecule has 0 amide bonds. The number of aliphatic hydroxyl groups excluding tert-OH is 1. The van der Waals surface area contributed by atoms with Crippen LogP contribution in [0.2, 0.25) is 10.0 Å². The molecule has 1 aromatic carbocycles. The highest BCUT2D eigenvalue weighted by Gasteiger charge is 2.53. The lowest BCUT2D eigenvalue weighted by Gasteiger charge is -2.27. The Kier molecular flexibility index (Phi) is 8.44. The summed E-state index contributed by atoms with van der Waals surface area (Å²) < 4.78 is 66.4. The van der Waals surface area contributed by atoms with Crippen molar-refractivity contribution < 1.29 is 46.5 Å². The van der Waals surface area contributed by atoms with Gasteiger partial charge < -0.3 is 34.3 Å². The number of nitrogens with two attached hydrogens (primary N) is 1. The smallest absolute Gasteiger partial charge is 0.386 e. The van der Waals surface area contributed by atoms with Gasteiger partial charge in [-0.1, -0.05) is 35.5 Å². The number of hydrogen-bond donors (Lipinski definition) is 4. The van der Waals surface area contributed by atoms with E-state index >= 15 is 4.39 Å². The highest BCUT2D eigenvalue weighted by Crippen LogP contribution is 2.58. The van der Waals surface area contributed by atoms with Crippen molar-refractivity contribution in [3.8, 4) is 0 Å². The van der Waals surface area contributed by atoms with Crippen molar-refractivity contribution in [2.75, 3.05) is 18.9 Å². The first-order valence-corrected chi connectivity index (χ1v) is 19.1. The lowest BCUT2D eigenvalue weighted by Crippen LogP contribution is -2.35. The number of rotatable bonds is 2. The maximum atomic E-state index is 16.0. The van der Waals surface area contributed by atoms with Crippen LogP contribution in [-0.4, -0.2) is 89.0 Å². The zero-order valence-electron chi connectivity index (χ0n) is 22.3. The van der Waals surface area contributed by atoms with Crippen LogP contribution in [0.3, 0.4) is 0 Å². The second kappa shape index (κ2) is 11.9. The third-order valence-electron chi connectivity index (χ3n) is 7.45. The van der Waals surface area contributed by atoms with E-state index < -0.39 is 75.9 Å². The van der Waals surface area contributed by atoms with Gasteiger partial charge in [-0.25, -0.2) is 28.9 Å². The summed E-state index contributed by atoms with van der Waals surface area (Å²) in [5, 5.41) is 11.7. The Balaban J connectivity index is 1.20. The summed E-state index contributed by atoms with van der Waals surface area (Å²) in [4.78, 5) is 27.5. The van der Waals surface area contributed by atoms with E-state index in [0.717, 1.165) is 0 Å². The molecule has 23 heteroatoms. The van der Waals surface area contributed by atoms with Gasteiger partial charge in [0.25, 0.3) is 0 Å². The fourth-order valence-electron chi connectivity index (χ4n) is 5.36. The van der Waals surface area contributed by atoms with Gasteiger partial charge in [-0.2, -0.15) is 0 Å². The maximum Gasteiger partial charge on any atom is 0.386 e. The van der Waals surface area contributed by atoms with Crippen LogP contribution in [0.1, 0.15) is 12.5 Å². The number of fused-ring (bicyclic) bond motifs is 5. The van der Waals surface area contributed by atoms with Crippen LogP contribution >= 0.6 is 49.0 Å². The predicted octanol–water partition coefficient (Wildman–Crippen LogP) is 3.33. The molecule has 0 radical (unpaired) electrons. The Morgan fingerprint density at radius 2 is 1.71 bits per heavy atom. The second-order valence-electron chi connectivity index (χ2n) is 10.2. The molecule has 2 bridgehead atoms. The highest BCUT2D eigenvalue weighted by atomic mass is 35.5. The van der Waals surface area contributed by atoms with Crippen molar-refractivity contribution in [1.82, 2.24) is 29.1 Å². The van der Waals surface area contributed by atoms with E-state index in [4.69, 9.17) is 68.3 Å². The predicted molar refractivity (Wildman–Crippen MR) is 163 cm³/mol. The minimum atomic E-state index is -4.36. The summed E-state index contributed by atoms with van der Waals surface area (Å²) in [6, 6.07) is 3.07. The Morgan fingerprint density at radius 1 is 1.00 bits per heavy atom. The number of imidazole rings is 2. The van der Waals surface area contributed by atoms with Crippen LogP contribution in [0.15, 0.2) is 31.1 Å². The summed E-state index contributed by atoms with van der Waals surface area (Å²) >= 11 is 21.6. The monoisotopic (exact) mass is 743 g/mol. The number of thiol groups is 1. The molecule has 3 saturated heterocycles. The fourth-order valence-corrected chi connectivity index (χ4v) is 8.57. The van der Waals surface area contributed by atoms with Crippen LogP contribution < -0.4 is 5.73 Å². The maximum absolute atomic E-state index is 16.0. The van der Waals surface area contributed by atoms with Crippen LogP contribution in [0, 0.1) is 0 Å². The lowest BCUT2D eigenvalue weighted by atomic mass is 10.1. The van der Waals surface area contributed by atoms with Gasteiger partial charge in [-0.05, 0) is 23.9 Å². The van der Waals surface area contributed by atoms with Crippen LogP contribution in [-0.2, 0) is 43.9 Å². The first-order valence-electron chi connectivity index (χ1n) is 13.0. The molecule has 3 aliphatic heterocycles. The van der Waals surface area contributed by atoms with Gasteiger partial charge in [0.2, 0.25) is 0 Å².